The van der Waals surface area contributed by atoms with Crippen LogP contribution in [0.3, 0.4) is 0 Å². The number of unbranched alkanes of at least 4 members (excludes halogenated alkanes) is 5. The summed E-state index contributed by atoms with van der Waals surface area (Å²) in [5, 5.41) is 41.8. The van der Waals surface area contributed by atoms with E-state index in [0.717, 1.165) is 58.0 Å². The van der Waals surface area contributed by atoms with Gasteiger partial charge in [-0.2, -0.15) is 0 Å². The van der Waals surface area contributed by atoms with Gasteiger partial charge in [0.1, 0.15) is 18.3 Å². The predicted octanol–water partition coefficient (Wildman–Crippen LogP) is -0.912. The van der Waals surface area contributed by atoms with Crippen molar-refractivity contribution in [3.63, 3.8) is 0 Å². The minimum Gasteiger partial charge on any atom is -0.394 e. The van der Waals surface area contributed by atoms with Crippen LogP contribution in [0.4, 0.5) is 0 Å². The van der Waals surface area contributed by atoms with Crippen molar-refractivity contribution < 1.29 is 39.4 Å². The minimum atomic E-state index is -1.24. The van der Waals surface area contributed by atoms with Gasteiger partial charge >= 0.3 is 0 Å². The maximum atomic E-state index is 12.0. The molecule has 0 spiro atoms. The molecule has 2 rings (SSSR count). The number of aliphatic hydroxyl groups excluding tert-OH is 4. The maximum Gasteiger partial charge on any atom is 0.219 e. The summed E-state index contributed by atoms with van der Waals surface area (Å²) in [5.74, 6) is 0.0555. The van der Waals surface area contributed by atoms with Crippen LogP contribution >= 0.6 is 0 Å². The number of rotatable bonds is 17. The van der Waals surface area contributed by atoms with Gasteiger partial charge in [-0.15, -0.1) is 0 Å². The van der Waals surface area contributed by atoms with E-state index in [9.17, 15) is 25.2 Å². The molecule has 2 unspecified atom stereocenters. The van der Waals surface area contributed by atoms with E-state index in [1.54, 1.807) is 7.11 Å². The van der Waals surface area contributed by atoms with Crippen LogP contribution in [-0.2, 0) is 19.0 Å². The molecule has 0 aromatic carbocycles. The Bertz CT molecular complexity index is 585. The molecule has 35 heavy (non-hydrogen) atoms. The van der Waals surface area contributed by atoms with Crippen LogP contribution in [0.15, 0.2) is 0 Å². The quantitative estimate of drug-likeness (QED) is 0.136. The molecule has 0 aromatic rings. The van der Waals surface area contributed by atoms with Crippen molar-refractivity contribution in [2.24, 2.45) is 5.73 Å². The van der Waals surface area contributed by atoms with Crippen LogP contribution in [-0.4, -0.2) is 121 Å². The molecule has 0 radical (unpaired) electrons. The molecule has 0 aliphatic carbocycles. The second-order valence-electron chi connectivity index (χ2n) is 9.72. The van der Waals surface area contributed by atoms with Crippen molar-refractivity contribution in [3.05, 3.63) is 0 Å². The van der Waals surface area contributed by atoms with Gasteiger partial charge in [0.05, 0.1) is 25.4 Å². The number of carbonyl (C=O) groups is 1. The Labute approximate surface area is 208 Å². The first kappa shape index (κ1) is 30.3. The number of hydrogen-bond acceptors (Lipinski definition) is 10. The summed E-state index contributed by atoms with van der Waals surface area (Å²) in [4.78, 5) is 14.3. The number of amides is 1. The number of aliphatic hydroxyl groups is 4. The highest BCUT2D eigenvalue weighted by molar-refractivity contribution is 5.75. The summed E-state index contributed by atoms with van der Waals surface area (Å²) in [5.41, 5.74) is 5.83. The Balaban J connectivity index is 1.42. The van der Waals surface area contributed by atoms with E-state index in [0.29, 0.717) is 38.6 Å². The summed E-state index contributed by atoms with van der Waals surface area (Å²) in [6, 6.07) is -0.571. The Morgan fingerprint density at radius 2 is 1.83 bits per heavy atom. The highest BCUT2D eigenvalue weighted by Gasteiger charge is 2.42. The highest BCUT2D eigenvalue weighted by Crippen LogP contribution is 2.21. The smallest absolute Gasteiger partial charge is 0.219 e. The van der Waals surface area contributed by atoms with Crippen LogP contribution in [0.2, 0.25) is 0 Å². The number of nitrogens with one attached hydrogen (secondary N) is 1. The van der Waals surface area contributed by atoms with Crippen molar-refractivity contribution in [2.45, 2.75) is 101 Å². The van der Waals surface area contributed by atoms with Crippen molar-refractivity contribution in [2.75, 3.05) is 46.6 Å². The first-order chi connectivity index (χ1) is 16.9. The Morgan fingerprint density at radius 3 is 2.57 bits per heavy atom. The number of carbonyl (C=O) groups excluding carboxylic acids is 1. The fourth-order valence-electron chi connectivity index (χ4n) is 4.72. The summed E-state index contributed by atoms with van der Waals surface area (Å²) < 4.78 is 16.2. The number of hydrogen-bond donors (Lipinski definition) is 6. The first-order valence-electron chi connectivity index (χ1n) is 13.0. The van der Waals surface area contributed by atoms with Gasteiger partial charge in [0, 0.05) is 39.3 Å². The summed E-state index contributed by atoms with van der Waals surface area (Å²) in [7, 11) is 1.70. The zero-order valence-electron chi connectivity index (χ0n) is 21.1. The third kappa shape index (κ3) is 10.6. The minimum absolute atomic E-state index is 0.0555. The Morgan fingerprint density at radius 1 is 1.09 bits per heavy atom. The van der Waals surface area contributed by atoms with Crippen molar-refractivity contribution in [1.82, 2.24) is 10.2 Å². The second-order valence-corrected chi connectivity index (χ2v) is 9.72. The largest absolute Gasteiger partial charge is 0.394 e. The van der Waals surface area contributed by atoms with Gasteiger partial charge in [-0.1, -0.05) is 19.3 Å². The Hall–Kier alpha value is -0.890. The standard InChI is InChI=1S/C24H47N3O8/c1-33-16-17-13-18(29)14-27(17)11-7-3-2-6-10-26-20(30)9-5-4-8-12-34-24-21(25)23(32)22(31)19(15-28)35-24/h17-19,21-24,28-29,31-32H,2-16,25H2,1H3,(H,26,30)/t17-,18+,19?,21-,22-,23?,24+/m0/s1. The number of nitrogens with zero attached hydrogens (tertiary/aromatic N) is 1. The van der Waals surface area contributed by atoms with Gasteiger partial charge in [-0.25, -0.2) is 0 Å². The van der Waals surface area contributed by atoms with E-state index >= 15 is 0 Å². The van der Waals surface area contributed by atoms with Gasteiger partial charge in [-0.05, 0) is 38.6 Å². The molecule has 1 amide bonds. The Kier molecular flexibility index (Phi) is 14.5. The van der Waals surface area contributed by atoms with E-state index in [1.807, 2.05) is 0 Å². The third-order valence-electron chi connectivity index (χ3n) is 6.82. The molecular formula is C24H47N3O8. The molecule has 7 atom stereocenters. The monoisotopic (exact) mass is 505 g/mol. The van der Waals surface area contributed by atoms with Gasteiger partial charge in [0.15, 0.2) is 6.29 Å². The first-order valence-corrected chi connectivity index (χ1v) is 13.0. The molecule has 0 aromatic heterocycles. The fourth-order valence-corrected chi connectivity index (χ4v) is 4.72. The molecule has 2 aliphatic rings. The normalized spacial score (nSPS) is 31.7. The summed E-state index contributed by atoms with van der Waals surface area (Å²) in [6.07, 6.45) is 3.21. The van der Waals surface area contributed by atoms with E-state index in [4.69, 9.17) is 19.9 Å². The molecular weight excluding hydrogens is 458 g/mol. The lowest BCUT2D eigenvalue weighted by molar-refractivity contribution is -0.265. The van der Waals surface area contributed by atoms with Gasteiger partial charge < -0.3 is 45.7 Å². The molecule has 2 aliphatic heterocycles. The number of ether oxygens (including phenoxy) is 3. The van der Waals surface area contributed by atoms with E-state index in [1.165, 1.54) is 0 Å². The van der Waals surface area contributed by atoms with Crippen LogP contribution in [0.5, 0.6) is 0 Å². The van der Waals surface area contributed by atoms with E-state index in [-0.39, 0.29) is 12.0 Å². The zero-order chi connectivity index (χ0) is 25.6. The van der Waals surface area contributed by atoms with Crippen LogP contribution in [0.1, 0.15) is 57.8 Å². The average molecular weight is 506 g/mol. The van der Waals surface area contributed by atoms with E-state index in [2.05, 4.69) is 10.2 Å². The lowest BCUT2D eigenvalue weighted by Gasteiger charge is -2.40. The summed E-state index contributed by atoms with van der Waals surface area (Å²) >= 11 is 0. The lowest BCUT2D eigenvalue weighted by Crippen LogP contribution is -2.62. The van der Waals surface area contributed by atoms with Gasteiger partial charge in [-0.3, -0.25) is 9.69 Å². The van der Waals surface area contributed by atoms with Crippen molar-refractivity contribution in [3.8, 4) is 0 Å². The molecule has 2 heterocycles. The average Bonchev–Trinajstić information content (AvgIpc) is 3.19. The van der Waals surface area contributed by atoms with Crippen LogP contribution in [0.25, 0.3) is 0 Å². The third-order valence-corrected chi connectivity index (χ3v) is 6.82. The predicted molar refractivity (Wildman–Crippen MR) is 129 cm³/mol. The lowest BCUT2D eigenvalue weighted by atomic mass is 9.98. The molecule has 7 N–H and O–H groups in total. The number of likely N-dealkylation sites (tertiary alicyclic amines) is 1. The fraction of sp³-hybridized carbons (Fsp3) is 0.958. The molecule has 11 nitrogen and oxygen atoms in total. The van der Waals surface area contributed by atoms with Crippen LogP contribution < -0.4 is 11.1 Å². The number of β-amino-alcohol motifs (C(OH)–C–C–N with tert-alkyl or cyclic N) is 1. The van der Waals surface area contributed by atoms with Crippen molar-refractivity contribution >= 4 is 5.91 Å². The van der Waals surface area contributed by atoms with Crippen molar-refractivity contribution in [1.29, 1.82) is 0 Å². The van der Waals surface area contributed by atoms with Gasteiger partial charge in [0.25, 0.3) is 0 Å². The topological polar surface area (TPSA) is 167 Å². The zero-order valence-corrected chi connectivity index (χ0v) is 21.1. The molecule has 0 saturated carbocycles. The molecule has 11 heteroatoms. The molecule has 2 saturated heterocycles. The maximum absolute atomic E-state index is 12.0. The summed E-state index contributed by atoms with van der Waals surface area (Å²) in [6.45, 7) is 2.98. The molecule has 0 bridgehead atoms. The van der Waals surface area contributed by atoms with E-state index < -0.39 is 37.3 Å². The SMILES string of the molecule is COC[C@@H]1C[C@@H](O)CN1CCCCCCNC(=O)CCCCCO[C@@H]1OC(CO)[C@H](O)C(O)[C@@H]1N. The highest BCUT2D eigenvalue weighted by atomic mass is 16.7. The number of methoxy groups -OCH3 is 1. The molecule has 2 fully saturated rings. The number of nitrogens with two attached hydrogens (primary N) is 1. The second kappa shape index (κ2) is 16.8. The van der Waals surface area contributed by atoms with Crippen LogP contribution in [0, 0.1) is 0 Å². The van der Waals surface area contributed by atoms with Gasteiger partial charge in [0.2, 0.25) is 5.91 Å². The molecule has 206 valence electrons.